The van der Waals surface area contributed by atoms with Gasteiger partial charge in [-0.25, -0.2) is 0 Å². The van der Waals surface area contributed by atoms with Gasteiger partial charge in [-0.15, -0.1) is 9.32 Å². The van der Waals surface area contributed by atoms with Crippen LogP contribution in [-0.4, -0.2) is 59.5 Å². The summed E-state index contributed by atoms with van der Waals surface area (Å²) in [6.45, 7) is 4.96. The summed E-state index contributed by atoms with van der Waals surface area (Å²) in [5.41, 5.74) is 2.89. The molecule has 0 saturated carbocycles. The Balaban J connectivity index is 0.00000507. The molecule has 3 aromatic rings. The van der Waals surface area contributed by atoms with Crippen LogP contribution < -0.4 is 16.5 Å². The number of rotatable bonds is 17. The van der Waals surface area contributed by atoms with Crippen molar-refractivity contribution >= 4 is 35.1 Å². The summed E-state index contributed by atoms with van der Waals surface area (Å²) in [6, 6.07) is 19.4. The van der Waals surface area contributed by atoms with Crippen LogP contribution in [0.25, 0.3) is 0 Å². The van der Waals surface area contributed by atoms with E-state index in [1.807, 2.05) is 73.1 Å². The van der Waals surface area contributed by atoms with Gasteiger partial charge >= 0.3 is 0 Å². The van der Waals surface area contributed by atoms with Gasteiger partial charge < -0.3 is 20.1 Å². The predicted molar refractivity (Wildman–Crippen MR) is 147 cm³/mol. The average Bonchev–Trinajstić information content (AvgIpc) is 2.93. The number of benzene rings is 1. The molecule has 0 aliphatic rings. The van der Waals surface area contributed by atoms with Crippen molar-refractivity contribution in [3.63, 3.8) is 0 Å². The number of hydrogen-bond acceptors (Lipinski definition) is 10. The van der Waals surface area contributed by atoms with Crippen LogP contribution in [0.3, 0.4) is 0 Å². The number of aromatic nitrogens is 2. The van der Waals surface area contributed by atoms with Crippen molar-refractivity contribution in [2.75, 3.05) is 44.8 Å². The first-order valence-corrected chi connectivity index (χ1v) is 12.9. The van der Waals surface area contributed by atoms with Crippen molar-refractivity contribution in [1.29, 1.82) is 0 Å². The second kappa shape index (κ2) is 20.0. The molecule has 13 heteroatoms. The first-order valence-electron chi connectivity index (χ1n) is 11.8. The molecule has 38 heavy (non-hydrogen) atoms. The Kier molecular flexibility index (Phi) is 16.9. The van der Waals surface area contributed by atoms with Crippen LogP contribution in [0.2, 0.25) is 0 Å². The van der Waals surface area contributed by atoms with E-state index >= 15 is 0 Å². The molecule has 0 bridgehead atoms. The normalized spacial score (nSPS) is 10.7. The van der Waals surface area contributed by atoms with Crippen molar-refractivity contribution in [1.82, 2.24) is 20.2 Å². The third kappa shape index (κ3) is 13.7. The molecule has 1 aromatic carbocycles. The number of nitrogens with two attached hydrogens (primary N) is 1. The van der Waals surface area contributed by atoms with E-state index in [2.05, 4.69) is 34.8 Å². The van der Waals surface area contributed by atoms with Crippen molar-refractivity contribution in [2.24, 2.45) is 5.90 Å². The molecular formula is C25H32N6O4ReS2. The summed E-state index contributed by atoms with van der Waals surface area (Å²) in [4.78, 5) is 16.1. The molecule has 3 rings (SSSR count). The summed E-state index contributed by atoms with van der Waals surface area (Å²) >= 11 is 6.33. The van der Waals surface area contributed by atoms with Gasteiger partial charge in [0.1, 0.15) is 0 Å². The van der Waals surface area contributed by atoms with E-state index < -0.39 is 0 Å². The van der Waals surface area contributed by atoms with E-state index in [4.69, 9.17) is 27.6 Å². The van der Waals surface area contributed by atoms with E-state index in [0.717, 1.165) is 53.6 Å². The van der Waals surface area contributed by atoms with Gasteiger partial charge in [-0.1, -0.05) is 12.1 Å². The Morgan fingerprint density at radius 2 is 1.50 bits per heavy atom. The molecule has 10 nitrogen and oxygen atoms in total. The zero-order valence-corrected chi connectivity index (χ0v) is 25.2. The predicted octanol–water partition coefficient (Wildman–Crippen LogP) is 3.33. The molecule has 1 radical (unpaired) electrons. The smallest absolute Gasteiger partial charge is 0.170 e. The maximum atomic E-state index is 5.79. The van der Waals surface area contributed by atoms with Gasteiger partial charge in [-0.3, -0.25) is 14.9 Å². The van der Waals surface area contributed by atoms with Gasteiger partial charge in [0, 0.05) is 69.6 Å². The van der Waals surface area contributed by atoms with Crippen LogP contribution in [0.4, 0.5) is 5.69 Å². The molecule has 0 atom stereocenters. The van der Waals surface area contributed by atoms with Crippen LogP contribution in [0.15, 0.2) is 78.0 Å². The molecule has 0 saturated heterocycles. The fourth-order valence-corrected chi connectivity index (χ4v) is 3.82. The van der Waals surface area contributed by atoms with Crippen LogP contribution in [0, 0.1) is 0 Å². The minimum atomic E-state index is 0. The topological polar surface area (TPSA) is 116 Å². The zero-order chi connectivity index (χ0) is 26.0. The number of nitrogens with one attached hydrogen (secondary N) is 2. The third-order valence-corrected chi connectivity index (χ3v) is 5.82. The molecule has 0 amide bonds. The van der Waals surface area contributed by atoms with Gasteiger partial charge in [0.05, 0.1) is 49.9 Å². The molecule has 0 aliphatic carbocycles. The molecule has 2 aromatic heterocycles. The monoisotopic (exact) mass is 731 g/mol. The summed E-state index contributed by atoms with van der Waals surface area (Å²) in [7, 11) is 0. The van der Waals surface area contributed by atoms with E-state index in [1.165, 1.54) is 0 Å². The Morgan fingerprint density at radius 1 is 0.868 bits per heavy atom. The Bertz CT molecular complexity index is 984. The van der Waals surface area contributed by atoms with E-state index in [9.17, 15) is 0 Å². The largest absolute Gasteiger partial charge is 0.378 e. The fraction of sp³-hybridized carbons (Fsp3) is 0.320. The molecule has 2 heterocycles. The standard InChI is InChI=1S/C25H32N6O4S2.Re/c26-34-35-37-24-9-7-21(8-10-24)30-25(36)29-13-15-32-17-18-33-16-14-31(19-22-5-1-3-11-27-22)20-23-6-2-4-12-28-23;/h1-12H,13-20,26H2,(H2,29,30,36);. The van der Waals surface area contributed by atoms with E-state index in [0.29, 0.717) is 38.1 Å². The fourth-order valence-electron chi connectivity index (χ4n) is 3.24. The van der Waals surface area contributed by atoms with Gasteiger partial charge in [0.15, 0.2) is 5.11 Å². The second-order valence-corrected chi connectivity index (χ2v) is 8.91. The van der Waals surface area contributed by atoms with Gasteiger partial charge in [-0.2, -0.15) is 5.90 Å². The van der Waals surface area contributed by atoms with Gasteiger partial charge in [0.2, 0.25) is 0 Å². The summed E-state index contributed by atoms with van der Waals surface area (Å²) in [5.74, 6) is 4.83. The molecule has 0 unspecified atom stereocenters. The first-order chi connectivity index (χ1) is 18.2. The van der Waals surface area contributed by atoms with Gasteiger partial charge in [0.25, 0.3) is 0 Å². The molecule has 205 valence electrons. The SMILES string of the molecule is NOOSc1ccc(NC(=S)NCCOCCOCCN(Cc2ccccn2)Cc2ccccn2)cc1.[Re]. The third-order valence-electron chi connectivity index (χ3n) is 4.96. The quantitative estimate of drug-likeness (QED) is 0.0623. The summed E-state index contributed by atoms with van der Waals surface area (Å²) in [5, 5.41) is 6.74. The van der Waals surface area contributed by atoms with Crippen LogP contribution in [-0.2, 0) is 52.3 Å². The zero-order valence-electron chi connectivity index (χ0n) is 20.8. The molecule has 0 spiro atoms. The van der Waals surface area contributed by atoms with Crippen molar-refractivity contribution in [3.05, 3.63) is 84.4 Å². The molecular weight excluding hydrogens is 699 g/mol. The number of thiocarbonyl (C=S) groups is 1. The Labute approximate surface area is 246 Å². The minimum absolute atomic E-state index is 0. The van der Waals surface area contributed by atoms with E-state index in [1.54, 1.807) is 0 Å². The molecule has 0 fully saturated rings. The maximum absolute atomic E-state index is 5.79. The van der Waals surface area contributed by atoms with Crippen molar-refractivity contribution in [2.45, 2.75) is 18.0 Å². The van der Waals surface area contributed by atoms with E-state index in [-0.39, 0.29) is 20.4 Å². The molecule has 0 aliphatic heterocycles. The Hall–Kier alpha value is -2.02. The van der Waals surface area contributed by atoms with Crippen LogP contribution in [0.1, 0.15) is 11.4 Å². The van der Waals surface area contributed by atoms with Crippen molar-refractivity contribution < 1.29 is 39.2 Å². The second-order valence-electron chi connectivity index (χ2n) is 7.73. The van der Waals surface area contributed by atoms with Crippen LogP contribution in [0.5, 0.6) is 0 Å². The number of ether oxygens (including phenoxy) is 2. The number of nitrogens with zero attached hydrogens (tertiary/aromatic N) is 3. The number of anilines is 1. The average molecular weight is 731 g/mol. The number of pyridine rings is 2. The molecule has 4 N–H and O–H groups in total. The minimum Gasteiger partial charge on any atom is -0.378 e. The summed E-state index contributed by atoms with van der Waals surface area (Å²) in [6.07, 6.45) is 3.63. The number of hydrogen-bond donors (Lipinski definition) is 3. The van der Waals surface area contributed by atoms with Crippen LogP contribution >= 0.6 is 24.3 Å². The Morgan fingerprint density at radius 3 is 2.08 bits per heavy atom. The summed E-state index contributed by atoms with van der Waals surface area (Å²) < 4.78 is 16.0. The van der Waals surface area contributed by atoms with Gasteiger partial charge in [-0.05, 0) is 60.7 Å². The first kappa shape index (κ1) is 32.2. The maximum Gasteiger partial charge on any atom is 0.170 e. The van der Waals surface area contributed by atoms with Crippen molar-refractivity contribution in [3.8, 4) is 0 Å².